The zero-order chi connectivity index (χ0) is 11.6. The molecule has 0 spiro atoms. The summed E-state index contributed by atoms with van der Waals surface area (Å²) in [5.74, 6) is -0.182. The van der Waals surface area contributed by atoms with Crippen LogP contribution < -0.4 is 0 Å². The third kappa shape index (κ3) is 2.56. The minimum atomic E-state index is -4.79. The maximum atomic E-state index is 12.3. The molecule has 4 nitrogen and oxygen atoms in total. The van der Waals surface area contributed by atoms with Crippen LogP contribution in [-0.4, -0.2) is 9.91 Å². The quantitative estimate of drug-likeness (QED) is 0.454. The summed E-state index contributed by atoms with van der Waals surface area (Å²) in [5, 5.41) is 10.4. The van der Waals surface area contributed by atoms with Crippen LogP contribution in [0.5, 0.6) is 0 Å². The van der Waals surface area contributed by atoms with Crippen molar-refractivity contribution < 1.29 is 18.1 Å². The van der Waals surface area contributed by atoms with E-state index in [1.807, 2.05) is 0 Å². The van der Waals surface area contributed by atoms with Crippen molar-refractivity contribution >= 4 is 17.3 Å². The van der Waals surface area contributed by atoms with Gasteiger partial charge in [-0.3, -0.25) is 15.1 Å². The summed E-state index contributed by atoms with van der Waals surface area (Å²) in [4.78, 5) is 12.6. The Kier molecular flexibility index (Phi) is 3.13. The molecule has 0 aliphatic carbocycles. The van der Waals surface area contributed by atoms with Gasteiger partial charge in [0.1, 0.15) is 0 Å². The summed E-state index contributed by atoms with van der Waals surface area (Å²) >= 11 is 5.30. The van der Waals surface area contributed by atoms with E-state index in [1.54, 1.807) is 0 Å². The summed E-state index contributed by atoms with van der Waals surface area (Å²) in [6, 6.07) is 0.718. The Labute approximate surface area is 86.8 Å². The average molecular weight is 241 g/mol. The Morgan fingerprint density at radius 3 is 2.53 bits per heavy atom. The second-order valence-corrected chi connectivity index (χ2v) is 2.85. The molecular weight excluding hydrogens is 237 g/mol. The fourth-order valence-electron chi connectivity index (χ4n) is 0.929. The lowest BCUT2D eigenvalue weighted by Crippen LogP contribution is -2.10. The van der Waals surface area contributed by atoms with Gasteiger partial charge in [0, 0.05) is 12.3 Å². The van der Waals surface area contributed by atoms with E-state index in [4.69, 9.17) is 11.6 Å². The number of halogens is 4. The molecule has 0 aliphatic heterocycles. The van der Waals surface area contributed by atoms with E-state index < -0.39 is 22.4 Å². The third-order valence-corrected chi connectivity index (χ3v) is 1.85. The lowest BCUT2D eigenvalue weighted by Gasteiger charge is -2.07. The maximum Gasteiger partial charge on any atom is 0.424 e. The van der Waals surface area contributed by atoms with E-state index in [-0.39, 0.29) is 11.6 Å². The molecule has 8 heteroatoms. The van der Waals surface area contributed by atoms with Gasteiger partial charge in [-0.25, -0.2) is 0 Å². The van der Waals surface area contributed by atoms with Gasteiger partial charge in [-0.1, -0.05) is 0 Å². The van der Waals surface area contributed by atoms with Crippen LogP contribution >= 0.6 is 11.6 Å². The van der Waals surface area contributed by atoms with Crippen molar-refractivity contribution in [2.24, 2.45) is 0 Å². The van der Waals surface area contributed by atoms with E-state index in [0.717, 1.165) is 6.07 Å². The van der Waals surface area contributed by atoms with Gasteiger partial charge >= 0.3 is 6.18 Å². The number of nitro groups is 1. The van der Waals surface area contributed by atoms with Crippen molar-refractivity contribution in [1.82, 2.24) is 4.98 Å². The molecule has 1 aromatic rings. The first-order valence-electron chi connectivity index (χ1n) is 3.62. The molecule has 0 amide bonds. The van der Waals surface area contributed by atoms with Gasteiger partial charge in [0.05, 0.1) is 16.5 Å². The molecule has 1 aromatic heterocycles. The van der Waals surface area contributed by atoms with Gasteiger partial charge in [-0.05, 0) is 0 Å². The molecular formula is C7H4ClF3N2O2. The van der Waals surface area contributed by atoms with Crippen molar-refractivity contribution in [3.8, 4) is 0 Å². The largest absolute Gasteiger partial charge is 0.424 e. The van der Waals surface area contributed by atoms with Gasteiger partial charge in [-0.15, -0.1) is 11.6 Å². The van der Waals surface area contributed by atoms with Crippen molar-refractivity contribution in [2.45, 2.75) is 12.1 Å². The van der Waals surface area contributed by atoms with Gasteiger partial charge in [0.15, 0.2) is 5.56 Å². The Bertz CT molecular complexity index is 394. The van der Waals surface area contributed by atoms with Crippen molar-refractivity contribution in [3.63, 3.8) is 0 Å². The highest BCUT2D eigenvalue weighted by Crippen LogP contribution is 2.35. The number of hydrogen-bond acceptors (Lipinski definition) is 3. The molecule has 15 heavy (non-hydrogen) atoms. The predicted molar refractivity (Wildman–Crippen MR) is 45.5 cm³/mol. The molecule has 0 aromatic carbocycles. The second kappa shape index (κ2) is 4.01. The van der Waals surface area contributed by atoms with E-state index in [9.17, 15) is 23.3 Å². The molecule has 1 rings (SSSR count). The zero-order valence-corrected chi connectivity index (χ0v) is 7.84. The summed E-state index contributed by atoms with van der Waals surface area (Å²) in [6.07, 6.45) is -4.38. The Hall–Kier alpha value is -1.37. The summed E-state index contributed by atoms with van der Waals surface area (Å²) < 4.78 is 36.8. The molecule has 0 bridgehead atoms. The Morgan fingerprint density at radius 2 is 2.13 bits per heavy atom. The number of aromatic nitrogens is 1. The second-order valence-electron chi connectivity index (χ2n) is 2.58. The molecule has 0 atom stereocenters. The van der Waals surface area contributed by atoms with Gasteiger partial charge in [0.25, 0.3) is 5.69 Å². The van der Waals surface area contributed by atoms with E-state index in [1.165, 1.54) is 0 Å². The molecule has 0 radical (unpaired) electrons. The molecule has 0 saturated heterocycles. The van der Waals surface area contributed by atoms with Crippen LogP contribution in [0.25, 0.3) is 0 Å². The van der Waals surface area contributed by atoms with Crippen molar-refractivity contribution in [1.29, 1.82) is 0 Å². The molecule has 1 heterocycles. The first-order valence-corrected chi connectivity index (χ1v) is 4.16. The van der Waals surface area contributed by atoms with Gasteiger partial charge < -0.3 is 0 Å². The maximum absolute atomic E-state index is 12.3. The summed E-state index contributed by atoms with van der Waals surface area (Å²) in [6.45, 7) is 0. The lowest BCUT2D eigenvalue weighted by molar-refractivity contribution is -0.388. The molecule has 0 aliphatic rings. The minimum Gasteiger partial charge on any atom is -0.259 e. The summed E-state index contributed by atoms with van der Waals surface area (Å²) in [7, 11) is 0. The average Bonchev–Trinajstić information content (AvgIpc) is 2.15. The highest BCUT2D eigenvalue weighted by Gasteiger charge is 2.38. The van der Waals surface area contributed by atoms with Crippen molar-refractivity contribution in [3.05, 3.63) is 33.6 Å². The normalized spacial score (nSPS) is 11.5. The van der Waals surface area contributed by atoms with Crippen LogP contribution in [0.1, 0.15) is 11.3 Å². The number of pyridine rings is 1. The number of alkyl halides is 4. The lowest BCUT2D eigenvalue weighted by atomic mass is 10.2. The van der Waals surface area contributed by atoms with E-state index >= 15 is 0 Å². The number of rotatable bonds is 2. The SMILES string of the molecule is O=[N+]([O-])c1cc(CCl)ncc1C(F)(F)F. The van der Waals surface area contributed by atoms with Crippen LogP contribution in [0.4, 0.5) is 18.9 Å². The van der Waals surface area contributed by atoms with Crippen LogP contribution in [0.15, 0.2) is 12.3 Å². The topological polar surface area (TPSA) is 56.0 Å². The van der Waals surface area contributed by atoms with Crippen LogP contribution in [-0.2, 0) is 12.1 Å². The number of nitrogens with zero attached hydrogens (tertiary/aromatic N) is 2. The molecule has 0 fully saturated rings. The Balaban J connectivity index is 3.34. The zero-order valence-electron chi connectivity index (χ0n) is 7.08. The summed E-state index contributed by atoms with van der Waals surface area (Å²) in [5.41, 5.74) is -2.38. The Morgan fingerprint density at radius 1 is 1.53 bits per heavy atom. The highest BCUT2D eigenvalue weighted by molar-refractivity contribution is 6.16. The third-order valence-electron chi connectivity index (χ3n) is 1.58. The van der Waals surface area contributed by atoms with Gasteiger partial charge in [0.2, 0.25) is 0 Å². The number of hydrogen-bond donors (Lipinski definition) is 0. The van der Waals surface area contributed by atoms with Crippen LogP contribution in [0.3, 0.4) is 0 Å². The molecule has 0 unspecified atom stereocenters. The van der Waals surface area contributed by atoms with Gasteiger partial charge in [-0.2, -0.15) is 13.2 Å². The monoisotopic (exact) mass is 240 g/mol. The van der Waals surface area contributed by atoms with Crippen LogP contribution in [0, 0.1) is 10.1 Å². The van der Waals surface area contributed by atoms with E-state index in [2.05, 4.69) is 4.98 Å². The van der Waals surface area contributed by atoms with Crippen molar-refractivity contribution in [2.75, 3.05) is 0 Å². The fraction of sp³-hybridized carbons (Fsp3) is 0.286. The van der Waals surface area contributed by atoms with E-state index in [0.29, 0.717) is 6.20 Å². The minimum absolute atomic E-state index is 0.0244. The molecule has 0 saturated carbocycles. The van der Waals surface area contributed by atoms with Crippen LogP contribution in [0.2, 0.25) is 0 Å². The first kappa shape index (κ1) is 11.7. The highest BCUT2D eigenvalue weighted by atomic mass is 35.5. The molecule has 0 N–H and O–H groups in total. The molecule has 82 valence electrons. The standard InChI is InChI=1S/C7H4ClF3N2O2/c8-2-4-1-6(13(14)15)5(3-12-4)7(9,10)11/h1,3H,2H2. The predicted octanol–water partition coefficient (Wildman–Crippen LogP) is 2.75. The first-order chi connectivity index (χ1) is 6.86. The fourth-order valence-corrected chi connectivity index (χ4v) is 1.08. The smallest absolute Gasteiger partial charge is 0.259 e.